The molecule has 2 N–H and O–H groups in total. The Morgan fingerprint density at radius 2 is 1.36 bits per heavy atom. The molecule has 0 saturated carbocycles. The average molecular weight is 312 g/mol. The normalized spacial score (nSPS) is 28.1. The fourth-order valence-electron chi connectivity index (χ4n) is 4.40. The summed E-state index contributed by atoms with van der Waals surface area (Å²) < 4.78 is 6.68. The van der Waals surface area contributed by atoms with E-state index in [4.69, 9.17) is 9.57 Å². The maximum atomic E-state index is 6.68. The van der Waals surface area contributed by atoms with E-state index in [1.54, 1.807) is 0 Å². The minimum Gasteiger partial charge on any atom is -0.325 e. The molecule has 0 atom stereocenters. The van der Waals surface area contributed by atoms with Crippen LogP contribution in [-0.4, -0.2) is 22.6 Å². The summed E-state index contributed by atoms with van der Waals surface area (Å²) >= 11 is 0. The number of ether oxygens (including phenoxy) is 1. The first-order valence-electron chi connectivity index (χ1n) is 9.10. The molecule has 0 aliphatic carbocycles. The Labute approximate surface area is 136 Å². The van der Waals surface area contributed by atoms with E-state index in [9.17, 15) is 0 Å². The van der Waals surface area contributed by atoms with E-state index in [-0.39, 0.29) is 16.8 Å². The Balaban J connectivity index is 2.16. The molecule has 0 radical (unpaired) electrons. The molecule has 2 aliphatic rings. The molecular weight excluding hydrogens is 276 g/mol. The van der Waals surface area contributed by atoms with Crippen LogP contribution in [0.1, 0.15) is 92.9 Å². The van der Waals surface area contributed by atoms with Gasteiger partial charge in [0.25, 0.3) is 0 Å². The largest absolute Gasteiger partial charge is 0.325 e. The Bertz CT molecular complexity index is 355. The third-order valence-corrected chi connectivity index (χ3v) is 4.77. The van der Waals surface area contributed by atoms with Gasteiger partial charge in [-0.3, -0.25) is 4.84 Å². The smallest absolute Gasteiger partial charge is 0.193 e. The number of hydroxylamine groups is 1. The van der Waals surface area contributed by atoms with E-state index >= 15 is 0 Å². The van der Waals surface area contributed by atoms with E-state index in [0.29, 0.717) is 0 Å². The van der Waals surface area contributed by atoms with Crippen LogP contribution in [-0.2, 0) is 9.57 Å². The van der Waals surface area contributed by atoms with Crippen molar-refractivity contribution in [2.24, 2.45) is 0 Å². The van der Waals surface area contributed by atoms with Crippen molar-refractivity contribution in [3.8, 4) is 0 Å². The molecule has 130 valence electrons. The third kappa shape index (κ3) is 4.22. The quantitative estimate of drug-likeness (QED) is 0.769. The summed E-state index contributed by atoms with van der Waals surface area (Å²) in [5.74, 6) is -0.500. The number of piperidine rings is 1. The first-order valence-corrected chi connectivity index (χ1v) is 9.10. The van der Waals surface area contributed by atoms with Crippen LogP contribution >= 0.6 is 0 Å². The fraction of sp³-hybridized carbons (Fsp3) is 1.00. The molecule has 2 saturated heterocycles. The maximum Gasteiger partial charge on any atom is 0.193 e. The van der Waals surface area contributed by atoms with E-state index in [1.165, 1.54) is 25.7 Å². The number of rotatable bonds is 6. The molecule has 2 rings (SSSR count). The van der Waals surface area contributed by atoms with Crippen LogP contribution in [0.5, 0.6) is 0 Å². The number of hydrogen-bond donors (Lipinski definition) is 2. The van der Waals surface area contributed by atoms with Gasteiger partial charge < -0.3 is 10.1 Å². The highest BCUT2D eigenvalue weighted by Gasteiger charge is 2.57. The van der Waals surface area contributed by atoms with Gasteiger partial charge in [0.05, 0.1) is 0 Å². The van der Waals surface area contributed by atoms with Crippen LogP contribution in [0.2, 0.25) is 0 Å². The van der Waals surface area contributed by atoms with Gasteiger partial charge in [-0.1, -0.05) is 26.7 Å². The van der Waals surface area contributed by atoms with Gasteiger partial charge in [0.15, 0.2) is 5.79 Å². The maximum absolute atomic E-state index is 6.68. The van der Waals surface area contributed by atoms with Crippen molar-refractivity contribution >= 4 is 0 Å². The molecule has 0 aromatic heterocycles. The minimum atomic E-state index is -0.500. The van der Waals surface area contributed by atoms with Crippen LogP contribution in [0.3, 0.4) is 0 Å². The molecule has 2 aliphatic heterocycles. The number of unbranched alkanes of at least 4 members (excludes halogenated alkanes) is 2. The summed E-state index contributed by atoms with van der Waals surface area (Å²) in [6.07, 6.45) is 8.50. The van der Waals surface area contributed by atoms with Gasteiger partial charge in [0.2, 0.25) is 0 Å². The van der Waals surface area contributed by atoms with Crippen LogP contribution in [0.25, 0.3) is 0 Å². The summed E-state index contributed by atoms with van der Waals surface area (Å²) in [6, 6.07) is 0. The second-order valence-corrected chi connectivity index (χ2v) is 8.66. The summed E-state index contributed by atoms with van der Waals surface area (Å²) in [5, 5.41) is 3.71. The molecule has 0 bridgehead atoms. The van der Waals surface area contributed by atoms with Gasteiger partial charge in [-0.05, 0) is 53.4 Å². The Hall–Kier alpha value is -0.160. The van der Waals surface area contributed by atoms with E-state index in [0.717, 1.165) is 25.7 Å². The summed E-state index contributed by atoms with van der Waals surface area (Å²) in [5.41, 5.74) is 3.05. The highest BCUT2D eigenvalue weighted by Crippen LogP contribution is 2.46. The van der Waals surface area contributed by atoms with Crippen molar-refractivity contribution in [3.63, 3.8) is 0 Å². The van der Waals surface area contributed by atoms with Gasteiger partial charge in [-0.2, -0.15) is 5.48 Å². The zero-order chi connectivity index (χ0) is 16.5. The summed E-state index contributed by atoms with van der Waals surface area (Å²) in [4.78, 5) is 6.15. The molecule has 1 spiro atoms. The standard InChI is InChI=1S/C18H36N2O2/c1-7-9-11-17(12-10-8-2)20-22-18(21-17)13-15(3,4)19-16(5,6)14-18/h19-20H,7-14H2,1-6H3. The number of hydrogen-bond acceptors (Lipinski definition) is 4. The minimum absolute atomic E-state index is 0.00895. The molecule has 22 heavy (non-hydrogen) atoms. The molecule has 2 heterocycles. The zero-order valence-corrected chi connectivity index (χ0v) is 15.5. The Kier molecular flexibility index (Phi) is 5.28. The summed E-state index contributed by atoms with van der Waals surface area (Å²) in [7, 11) is 0. The van der Waals surface area contributed by atoms with Crippen LogP contribution in [0.15, 0.2) is 0 Å². The Morgan fingerprint density at radius 1 is 0.864 bits per heavy atom. The van der Waals surface area contributed by atoms with Crippen molar-refractivity contribution in [1.82, 2.24) is 10.8 Å². The molecular formula is C18H36N2O2. The molecule has 2 fully saturated rings. The lowest BCUT2D eigenvalue weighted by Crippen LogP contribution is -2.64. The lowest BCUT2D eigenvalue weighted by atomic mass is 9.78. The van der Waals surface area contributed by atoms with Gasteiger partial charge in [-0.25, -0.2) is 0 Å². The van der Waals surface area contributed by atoms with Gasteiger partial charge in [-0.15, -0.1) is 0 Å². The lowest BCUT2D eigenvalue weighted by Gasteiger charge is -2.50. The van der Waals surface area contributed by atoms with Crippen molar-refractivity contribution in [2.75, 3.05) is 0 Å². The Morgan fingerprint density at radius 3 is 1.82 bits per heavy atom. The van der Waals surface area contributed by atoms with Crippen molar-refractivity contribution in [1.29, 1.82) is 0 Å². The molecule has 0 aromatic rings. The highest BCUT2D eigenvalue weighted by atomic mass is 16.9. The van der Waals surface area contributed by atoms with Gasteiger partial charge in [0.1, 0.15) is 5.72 Å². The van der Waals surface area contributed by atoms with E-state index < -0.39 is 5.79 Å². The van der Waals surface area contributed by atoms with Crippen LogP contribution in [0, 0.1) is 0 Å². The second kappa shape index (κ2) is 6.39. The predicted molar refractivity (Wildman–Crippen MR) is 90.3 cm³/mol. The molecule has 0 amide bonds. The topological polar surface area (TPSA) is 42.5 Å². The van der Waals surface area contributed by atoms with Crippen LogP contribution in [0.4, 0.5) is 0 Å². The molecule has 0 unspecified atom stereocenters. The average Bonchev–Trinajstić information content (AvgIpc) is 2.69. The lowest BCUT2D eigenvalue weighted by molar-refractivity contribution is -0.234. The monoisotopic (exact) mass is 312 g/mol. The number of nitrogens with one attached hydrogen (secondary N) is 2. The van der Waals surface area contributed by atoms with Crippen molar-refractivity contribution in [3.05, 3.63) is 0 Å². The van der Waals surface area contributed by atoms with Crippen LogP contribution < -0.4 is 10.8 Å². The van der Waals surface area contributed by atoms with Crippen molar-refractivity contribution in [2.45, 2.75) is 115 Å². The zero-order valence-electron chi connectivity index (χ0n) is 15.5. The van der Waals surface area contributed by atoms with E-state index in [2.05, 4.69) is 52.3 Å². The fourth-order valence-corrected chi connectivity index (χ4v) is 4.40. The third-order valence-electron chi connectivity index (χ3n) is 4.77. The first kappa shape index (κ1) is 18.2. The molecule has 4 heteroatoms. The van der Waals surface area contributed by atoms with E-state index in [1.807, 2.05) is 0 Å². The van der Waals surface area contributed by atoms with Gasteiger partial charge in [0, 0.05) is 23.9 Å². The molecule has 4 nitrogen and oxygen atoms in total. The SMILES string of the molecule is CCCCC1(CCCC)NOC2(CC(C)(C)NC(C)(C)C2)O1. The first-order chi connectivity index (χ1) is 10.2. The predicted octanol–water partition coefficient (Wildman–Crippen LogP) is 4.25. The van der Waals surface area contributed by atoms with Gasteiger partial charge >= 0.3 is 0 Å². The molecule has 0 aromatic carbocycles. The summed E-state index contributed by atoms with van der Waals surface area (Å²) in [6.45, 7) is 13.4. The van der Waals surface area contributed by atoms with Crippen molar-refractivity contribution < 1.29 is 9.57 Å². The second-order valence-electron chi connectivity index (χ2n) is 8.66. The highest BCUT2D eigenvalue weighted by molar-refractivity contribution is 5.04.